The molecule has 0 unspecified atom stereocenters. The number of pyridine rings is 1. The van der Waals surface area contributed by atoms with Gasteiger partial charge in [-0.05, 0) is 25.5 Å². The lowest BCUT2D eigenvalue weighted by molar-refractivity contribution is -0.167. The topological polar surface area (TPSA) is 53.8 Å². The molecule has 0 N–H and O–H groups in total. The van der Waals surface area contributed by atoms with E-state index in [1.807, 2.05) is 37.3 Å². The summed E-state index contributed by atoms with van der Waals surface area (Å²) in [5, 5.41) is 9.28. The van der Waals surface area contributed by atoms with Gasteiger partial charge in [-0.2, -0.15) is 18.4 Å². The van der Waals surface area contributed by atoms with Crippen LogP contribution >= 0.6 is 11.8 Å². The molecule has 0 saturated carbocycles. The number of carbonyl (C=O) groups is 1. The van der Waals surface area contributed by atoms with Gasteiger partial charge in [-0.3, -0.25) is 4.79 Å². The Balaban J connectivity index is 2.37. The monoisotopic (exact) mass is 350 g/mol. The zero-order chi connectivity index (χ0) is 17.9. The number of carbonyl (C=O) groups excluding carboxylic acids is 1. The van der Waals surface area contributed by atoms with Crippen LogP contribution in [0.15, 0.2) is 35.4 Å². The molecule has 7 heteroatoms. The summed E-state index contributed by atoms with van der Waals surface area (Å²) in [5.74, 6) is -2.66. The van der Waals surface area contributed by atoms with Crippen LogP contribution in [0.3, 0.4) is 0 Å². The van der Waals surface area contributed by atoms with Crippen molar-refractivity contribution >= 4 is 17.5 Å². The van der Waals surface area contributed by atoms with Crippen LogP contribution < -0.4 is 0 Å². The lowest BCUT2D eigenvalue weighted by atomic mass is 10.0. The van der Waals surface area contributed by atoms with Gasteiger partial charge in [0.25, 0.3) is 0 Å². The lowest BCUT2D eigenvalue weighted by Crippen LogP contribution is -2.24. The molecule has 0 bridgehead atoms. The van der Waals surface area contributed by atoms with Crippen molar-refractivity contribution in [1.82, 2.24) is 4.98 Å². The number of hydrogen-bond donors (Lipinski definition) is 0. The second-order valence-corrected chi connectivity index (χ2v) is 6.16. The van der Waals surface area contributed by atoms with Crippen LogP contribution in [0.2, 0.25) is 0 Å². The average Bonchev–Trinajstić information content (AvgIpc) is 2.53. The smallest absolute Gasteiger partial charge is 0.289 e. The fourth-order valence-electron chi connectivity index (χ4n) is 2.01. The number of aromatic nitrogens is 1. The van der Waals surface area contributed by atoms with Crippen LogP contribution in [0.25, 0.3) is 11.3 Å². The van der Waals surface area contributed by atoms with Crippen molar-refractivity contribution < 1.29 is 18.0 Å². The van der Waals surface area contributed by atoms with E-state index in [1.54, 1.807) is 13.0 Å². The molecule has 1 aromatic heterocycles. The minimum atomic E-state index is -4.88. The van der Waals surface area contributed by atoms with Crippen LogP contribution in [0, 0.1) is 25.2 Å². The van der Waals surface area contributed by atoms with Gasteiger partial charge in [0.1, 0.15) is 11.1 Å². The van der Waals surface area contributed by atoms with E-state index >= 15 is 0 Å². The number of rotatable bonds is 4. The van der Waals surface area contributed by atoms with E-state index in [1.165, 1.54) is 0 Å². The number of hydrogen-bond acceptors (Lipinski definition) is 4. The molecule has 0 fully saturated rings. The number of ketones is 1. The zero-order valence-electron chi connectivity index (χ0n) is 12.9. The Morgan fingerprint density at radius 3 is 2.42 bits per heavy atom. The Kier molecular flexibility index (Phi) is 5.30. The summed E-state index contributed by atoms with van der Waals surface area (Å²) in [6.07, 6.45) is -4.88. The first-order valence-electron chi connectivity index (χ1n) is 6.94. The summed E-state index contributed by atoms with van der Waals surface area (Å²) in [4.78, 5) is 15.4. The maximum atomic E-state index is 12.3. The highest BCUT2D eigenvalue weighted by atomic mass is 32.2. The summed E-state index contributed by atoms with van der Waals surface area (Å²) in [6.45, 7) is 3.71. The highest BCUT2D eigenvalue weighted by molar-refractivity contribution is 8.00. The van der Waals surface area contributed by atoms with Crippen LogP contribution in [0.1, 0.15) is 16.7 Å². The van der Waals surface area contributed by atoms with Crippen LogP contribution in [-0.4, -0.2) is 22.7 Å². The van der Waals surface area contributed by atoms with Crippen molar-refractivity contribution in [2.75, 3.05) is 5.75 Å². The standard InChI is InChI=1S/C17H13F3N2OS/c1-10-3-5-12(6-4-10)15-11(2)7-13(8-21)16(22-15)24-9-14(23)17(18,19)20/h3-7H,9H2,1-2H3. The van der Waals surface area contributed by atoms with Gasteiger partial charge in [-0.15, -0.1) is 0 Å². The molecule has 0 amide bonds. The predicted octanol–water partition coefficient (Wildman–Crippen LogP) is 4.46. The minimum absolute atomic E-state index is 0.122. The van der Waals surface area contributed by atoms with Gasteiger partial charge in [0.15, 0.2) is 0 Å². The summed E-state index contributed by atoms with van der Waals surface area (Å²) in [5.41, 5.74) is 3.34. The third-order valence-corrected chi connectivity index (χ3v) is 4.27. The van der Waals surface area contributed by atoms with E-state index in [0.717, 1.165) is 16.7 Å². The van der Waals surface area contributed by atoms with Gasteiger partial charge in [-0.1, -0.05) is 41.6 Å². The Morgan fingerprint density at radius 2 is 1.88 bits per heavy atom. The molecule has 2 aromatic rings. The van der Waals surface area contributed by atoms with E-state index in [4.69, 9.17) is 5.26 Å². The van der Waals surface area contributed by atoms with Gasteiger partial charge in [0, 0.05) is 5.56 Å². The molecule has 2 rings (SSSR count). The largest absolute Gasteiger partial charge is 0.450 e. The molecule has 0 saturated heterocycles. The normalized spacial score (nSPS) is 11.2. The number of Topliss-reactive ketones (excluding diaryl/α,β-unsaturated/α-hetero) is 1. The Labute approximate surface area is 141 Å². The van der Waals surface area contributed by atoms with Crippen molar-refractivity contribution in [3.05, 3.63) is 47.0 Å². The highest BCUT2D eigenvalue weighted by Gasteiger charge is 2.38. The molecule has 1 heterocycles. The van der Waals surface area contributed by atoms with Gasteiger partial charge < -0.3 is 0 Å². The number of benzene rings is 1. The molecule has 0 spiro atoms. The number of nitrogens with zero attached hydrogens (tertiary/aromatic N) is 2. The number of thioether (sulfide) groups is 1. The van der Waals surface area contributed by atoms with Crippen LogP contribution in [-0.2, 0) is 4.79 Å². The minimum Gasteiger partial charge on any atom is -0.289 e. The number of aryl methyl sites for hydroxylation is 2. The molecule has 0 atom stereocenters. The number of alkyl halides is 3. The van der Waals surface area contributed by atoms with Gasteiger partial charge in [0.05, 0.1) is 17.0 Å². The summed E-state index contributed by atoms with van der Waals surface area (Å²) < 4.78 is 37.0. The Hall–Kier alpha value is -2.33. The Morgan fingerprint density at radius 1 is 1.25 bits per heavy atom. The molecule has 0 aliphatic rings. The maximum absolute atomic E-state index is 12.3. The van der Waals surface area contributed by atoms with Crippen LogP contribution in [0.4, 0.5) is 13.2 Å². The SMILES string of the molecule is Cc1ccc(-c2nc(SCC(=O)C(F)(F)F)c(C#N)cc2C)cc1. The third-order valence-electron chi connectivity index (χ3n) is 3.28. The first kappa shape index (κ1) is 18.0. The fraction of sp³-hybridized carbons (Fsp3) is 0.235. The summed E-state index contributed by atoms with van der Waals surface area (Å²) in [6, 6.07) is 11.0. The molecule has 0 aliphatic carbocycles. The molecule has 3 nitrogen and oxygen atoms in total. The highest BCUT2D eigenvalue weighted by Crippen LogP contribution is 2.30. The first-order chi connectivity index (χ1) is 11.2. The number of halogens is 3. The van der Waals surface area contributed by atoms with E-state index in [9.17, 15) is 18.0 Å². The van der Waals surface area contributed by atoms with E-state index in [0.29, 0.717) is 17.5 Å². The third kappa shape index (κ3) is 4.15. The first-order valence-corrected chi connectivity index (χ1v) is 7.92. The lowest BCUT2D eigenvalue weighted by Gasteiger charge is -2.11. The van der Waals surface area contributed by atoms with Crippen LogP contribution in [0.5, 0.6) is 0 Å². The quantitative estimate of drug-likeness (QED) is 0.764. The van der Waals surface area contributed by atoms with Crippen molar-refractivity contribution in [1.29, 1.82) is 5.26 Å². The second-order valence-electron chi connectivity index (χ2n) is 5.19. The molecular formula is C17H13F3N2OS. The Bertz CT molecular complexity index is 808. The molecule has 0 aliphatic heterocycles. The maximum Gasteiger partial charge on any atom is 0.450 e. The van der Waals surface area contributed by atoms with Crippen molar-refractivity contribution in [3.8, 4) is 17.3 Å². The average molecular weight is 350 g/mol. The van der Waals surface area contributed by atoms with Crippen molar-refractivity contribution in [2.45, 2.75) is 25.0 Å². The van der Waals surface area contributed by atoms with Crippen molar-refractivity contribution in [2.24, 2.45) is 0 Å². The second kappa shape index (κ2) is 7.05. The molecular weight excluding hydrogens is 337 g/mol. The van der Waals surface area contributed by atoms with E-state index in [2.05, 4.69) is 4.98 Å². The molecule has 24 heavy (non-hydrogen) atoms. The summed E-state index contributed by atoms with van der Waals surface area (Å²) in [7, 11) is 0. The van der Waals surface area contributed by atoms with E-state index < -0.39 is 17.7 Å². The molecule has 0 radical (unpaired) electrons. The van der Waals surface area contributed by atoms with Crippen molar-refractivity contribution in [3.63, 3.8) is 0 Å². The summed E-state index contributed by atoms with van der Waals surface area (Å²) >= 11 is 0.624. The van der Waals surface area contributed by atoms with Gasteiger partial charge in [0.2, 0.25) is 5.78 Å². The van der Waals surface area contributed by atoms with Gasteiger partial charge >= 0.3 is 6.18 Å². The number of nitriles is 1. The molecule has 124 valence electrons. The molecule has 1 aromatic carbocycles. The van der Waals surface area contributed by atoms with E-state index in [-0.39, 0.29) is 10.6 Å². The fourth-order valence-corrected chi connectivity index (χ4v) is 2.85. The zero-order valence-corrected chi connectivity index (χ0v) is 13.8. The van der Waals surface area contributed by atoms with Gasteiger partial charge in [-0.25, -0.2) is 4.98 Å². The predicted molar refractivity (Wildman–Crippen MR) is 85.6 cm³/mol.